The van der Waals surface area contributed by atoms with Gasteiger partial charge in [-0.25, -0.2) is 9.97 Å². The van der Waals surface area contributed by atoms with Gasteiger partial charge in [0.1, 0.15) is 17.8 Å². The Balaban J connectivity index is 0.000000224. The highest BCUT2D eigenvalue weighted by Crippen LogP contribution is 2.13. The van der Waals surface area contributed by atoms with E-state index in [1.807, 2.05) is 45.2 Å². The molecule has 0 aliphatic carbocycles. The Morgan fingerprint density at radius 3 is 1.77 bits per heavy atom. The maximum Gasteiger partial charge on any atom is 0.287 e. The molecule has 8 heteroatoms. The number of rotatable bonds is 3. The summed E-state index contributed by atoms with van der Waals surface area (Å²) in [6.07, 6.45) is 2.89. The van der Waals surface area contributed by atoms with E-state index in [9.17, 15) is 10.1 Å². The number of pyridine rings is 2. The summed E-state index contributed by atoms with van der Waals surface area (Å²) in [6, 6.07) is 6.76. The van der Waals surface area contributed by atoms with Crippen LogP contribution in [0.15, 0.2) is 36.7 Å². The van der Waals surface area contributed by atoms with Gasteiger partial charge in [0.15, 0.2) is 0 Å². The Kier molecular flexibility index (Phi) is 6.06. The average Bonchev–Trinajstić information content (AvgIpc) is 2.48. The third-order valence-corrected chi connectivity index (χ3v) is 2.63. The van der Waals surface area contributed by atoms with Crippen LogP contribution in [0.25, 0.3) is 0 Å². The number of nitrogens with zero attached hydrogens (tertiary/aromatic N) is 5. The summed E-state index contributed by atoms with van der Waals surface area (Å²) in [5.74, 6) is 1.63. The standard InChI is InChI=1S/C7H9N3O2.C7H11N3/c1-9(2)7-4-3-6(5-8-7)10(11)12;1-10(2)7-4-3-6(8)5-9-7/h3-5H,1-2H3;3-5H,8H2,1-2H3. The number of anilines is 3. The van der Waals surface area contributed by atoms with Crippen LogP contribution in [0, 0.1) is 10.1 Å². The van der Waals surface area contributed by atoms with Crippen LogP contribution in [0.4, 0.5) is 23.0 Å². The summed E-state index contributed by atoms with van der Waals surface area (Å²) in [5.41, 5.74) is 6.16. The van der Waals surface area contributed by atoms with Gasteiger partial charge in [0.05, 0.1) is 16.8 Å². The fourth-order valence-corrected chi connectivity index (χ4v) is 1.41. The Morgan fingerprint density at radius 1 is 0.955 bits per heavy atom. The fraction of sp³-hybridized carbons (Fsp3) is 0.286. The molecule has 0 bridgehead atoms. The van der Waals surface area contributed by atoms with E-state index in [1.165, 1.54) is 12.3 Å². The third kappa shape index (κ3) is 5.23. The van der Waals surface area contributed by atoms with E-state index in [0.29, 0.717) is 11.5 Å². The Labute approximate surface area is 129 Å². The molecule has 0 amide bonds. The Bertz CT molecular complexity index is 596. The van der Waals surface area contributed by atoms with Crippen LogP contribution < -0.4 is 15.5 Å². The summed E-state index contributed by atoms with van der Waals surface area (Å²) in [5, 5.41) is 10.2. The molecule has 2 aromatic rings. The van der Waals surface area contributed by atoms with Gasteiger partial charge in [-0.1, -0.05) is 0 Å². The predicted molar refractivity (Wildman–Crippen MR) is 88.2 cm³/mol. The molecule has 0 fully saturated rings. The van der Waals surface area contributed by atoms with Gasteiger partial charge in [-0.2, -0.15) is 0 Å². The quantitative estimate of drug-likeness (QED) is 0.681. The number of aromatic nitrogens is 2. The second kappa shape index (κ2) is 7.77. The highest BCUT2D eigenvalue weighted by molar-refractivity contribution is 5.44. The zero-order chi connectivity index (χ0) is 16.7. The van der Waals surface area contributed by atoms with Crippen molar-refractivity contribution in [1.82, 2.24) is 9.97 Å². The van der Waals surface area contributed by atoms with Crippen LogP contribution in [0.3, 0.4) is 0 Å². The third-order valence-electron chi connectivity index (χ3n) is 2.63. The zero-order valence-corrected chi connectivity index (χ0v) is 13.1. The van der Waals surface area contributed by atoms with Gasteiger partial charge >= 0.3 is 0 Å². The highest BCUT2D eigenvalue weighted by atomic mass is 16.6. The lowest BCUT2D eigenvalue weighted by molar-refractivity contribution is -0.385. The van der Waals surface area contributed by atoms with Crippen molar-refractivity contribution in [2.24, 2.45) is 0 Å². The molecule has 0 saturated heterocycles. The van der Waals surface area contributed by atoms with Crippen molar-refractivity contribution < 1.29 is 4.92 Å². The topological polar surface area (TPSA) is 101 Å². The zero-order valence-electron chi connectivity index (χ0n) is 13.1. The first-order valence-electron chi connectivity index (χ1n) is 6.48. The number of hydrogen-bond donors (Lipinski definition) is 1. The largest absolute Gasteiger partial charge is 0.397 e. The minimum Gasteiger partial charge on any atom is -0.397 e. The molecule has 2 heterocycles. The van der Waals surface area contributed by atoms with Crippen molar-refractivity contribution in [2.75, 3.05) is 43.7 Å². The molecular weight excluding hydrogens is 284 g/mol. The van der Waals surface area contributed by atoms with Gasteiger partial charge in [-0.05, 0) is 18.2 Å². The van der Waals surface area contributed by atoms with Gasteiger partial charge in [-0.15, -0.1) is 0 Å². The van der Waals surface area contributed by atoms with Crippen molar-refractivity contribution in [2.45, 2.75) is 0 Å². The maximum absolute atomic E-state index is 10.2. The number of hydrogen-bond acceptors (Lipinski definition) is 7. The van der Waals surface area contributed by atoms with Gasteiger partial charge in [0, 0.05) is 34.3 Å². The van der Waals surface area contributed by atoms with Crippen LogP contribution in [0.1, 0.15) is 0 Å². The normalized spacial score (nSPS) is 9.45. The number of nitrogens with two attached hydrogens (primary N) is 1. The summed E-state index contributed by atoms with van der Waals surface area (Å²) in [4.78, 5) is 21.4. The van der Waals surface area contributed by atoms with Crippen LogP contribution in [0.2, 0.25) is 0 Å². The maximum atomic E-state index is 10.2. The molecule has 0 atom stereocenters. The molecule has 0 unspecified atom stereocenters. The van der Waals surface area contributed by atoms with E-state index in [2.05, 4.69) is 9.97 Å². The summed E-state index contributed by atoms with van der Waals surface area (Å²) in [7, 11) is 7.54. The van der Waals surface area contributed by atoms with Crippen LogP contribution in [-0.2, 0) is 0 Å². The highest BCUT2D eigenvalue weighted by Gasteiger charge is 2.05. The summed E-state index contributed by atoms with van der Waals surface area (Å²) in [6.45, 7) is 0. The molecule has 0 spiro atoms. The van der Waals surface area contributed by atoms with Crippen LogP contribution in [-0.4, -0.2) is 43.1 Å². The summed E-state index contributed by atoms with van der Waals surface area (Å²) < 4.78 is 0. The van der Waals surface area contributed by atoms with Crippen molar-refractivity contribution in [3.05, 3.63) is 46.8 Å². The molecule has 0 aliphatic rings. The van der Waals surface area contributed by atoms with Gasteiger partial charge < -0.3 is 15.5 Å². The van der Waals surface area contributed by atoms with Crippen LogP contribution >= 0.6 is 0 Å². The molecule has 0 radical (unpaired) electrons. The number of nitro groups is 1. The lowest BCUT2D eigenvalue weighted by Crippen LogP contribution is -2.10. The molecule has 2 aromatic heterocycles. The first-order valence-corrected chi connectivity index (χ1v) is 6.48. The Hall–Kier alpha value is -2.90. The van der Waals surface area contributed by atoms with Crippen molar-refractivity contribution in [3.63, 3.8) is 0 Å². The molecule has 2 rings (SSSR count). The molecule has 118 valence electrons. The molecule has 0 aliphatic heterocycles. The lowest BCUT2D eigenvalue weighted by atomic mass is 10.4. The first-order chi connectivity index (χ1) is 10.3. The number of nitrogen functional groups attached to an aromatic ring is 1. The van der Waals surface area contributed by atoms with Crippen molar-refractivity contribution in [3.8, 4) is 0 Å². The molecule has 22 heavy (non-hydrogen) atoms. The first kappa shape index (κ1) is 17.2. The average molecular weight is 304 g/mol. The van der Waals surface area contributed by atoms with E-state index in [0.717, 1.165) is 5.82 Å². The predicted octanol–water partition coefficient (Wildman–Crippen LogP) is 1.79. The molecular formula is C14H20N6O2. The van der Waals surface area contributed by atoms with E-state index in [1.54, 1.807) is 17.2 Å². The smallest absolute Gasteiger partial charge is 0.287 e. The monoisotopic (exact) mass is 304 g/mol. The van der Waals surface area contributed by atoms with Gasteiger partial charge in [0.2, 0.25) is 0 Å². The van der Waals surface area contributed by atoms with Crippen molar-refractivity contribution in [1.29, 1.82) is 0 Å². The second-order valence-electron chi connectivity index (χ2n) is 4.87. The van der Waals surface area contributed by atoms with E-state index in [4.69, 9.17) is 5.73 Å². The summed E-state index contributed by atoms with van der Waals surface area (Å²) >= 11 is 0. The van der Waals surface area contributed by atoms with Gasteiger partial charge in [-0.3, -0.25) is 10.1 Å². The molecule has 0 saturated carbocycles. The Morgan fingerprint density at radius 2 is 1.45 bits per heavy atom. The fourth-order valence-electron chi connectivity index (χ4n) is 1.41. The van der Waals surface area contributed by atoms with E-state index in [-0.39, 0.29) is 5.69 Å². The molecule has 2 N–H and O–H groups in total. The van der Waals surface area contributed by atoms with Crippen molar-refractivity contribution >= 4 is 23.0 Å². The lowest BCUT2D eigenvalue weighted by Gasteiger charge is -2.09. The second-order valence-corrected chi connectivity index (χ2v) is 4.87. The van der Waals surface area contributed by atoms with Gasteiger partial charge in [0.25, 0.3) is 5.69 Å². The minimum atomic E-state index is -0.466. The molecule has 0 aromatic carbocycles. The van der Waals surface area contributed by atoms with E-state index >= 15 is 0 Å². The van der Waals surface area contributed by atoms with Crippen LogP contribution in [0.5, 0.6) is 0 Å². The minimum absolute atomic E-state index is 0.0144. The SMILES string of the molecule is CN(C)c1ccc(N)cn1.CN(C)c1ccc([N+](=O)[O-])cn1. The van der Waals surface area contributed by atoms with E-state index < -0.39 is 4.92 Å². The molecule has 8 nitrogen and oxygen atoms in total.